The molecule has 0 radical (unpaired) electrons. The van der Waals surface area contributed by atoms with Crippen molar-refractivity contribution in [1.82, 2.24) is 0 Å². The van der Waals surface area contributed by atoms with Gasteiger partial charge in [-0.2, -0.15) is 0 Å². The number of ketones is 1. The average molecular weight is 266 g/mol. The van der Waals surface area contributed by atoms with Crippen LogP contribution in [-0.4, -0.2) is 34.8 Å². The number of aromatic hydroxyl groups is 1. The quantitative estimate of drug-likeness (QED) is 0.814. The molecule has 1 aromatic carbocycles. The Labute approximate surface area is 111 Å². The highest BCUT2D eigenvalue weighted by Crippen LogP contribution is 2.44. The van der Waals surface area contributed by atoms with Crippen LogP contribution in [0.1, 0.15) is 36.7 Å². The Morgan fingerprint density at radius 2 is 2.16 bits per heavy atom. The van der Waals surface area contributed by atoms with Gasteiger partial charge in [-0.1, -0.05) is 0 Å². The highest BCUT2D eigenvalue weighted by Gasteiger charge is 2.38. The predicted octanol–water partition coefficient (Wildman–Crippen LogP) is 1.68. The van der Waals surface area contributed by atoms with Crippen molar-refractivity contribution < 1.29 is 24.5 Å². The fourth-order valence-electron chi connectivity index (χ4n) is 2.30. The summed E-state index contributed by atoms with van der Waals surface area (Å²) in [6.07, 6.45) is 0.000702. The number of ether oxygens (including phenoxy) is 2. The Hall–Kier alpha value is -1.75. The van der Waals surface area contributed by atoms with E-state index < -0.39 is 11.7 Å². The Morgan fingerprint density at radius 3 is 2.63 bits per heavy atom. The second kappa shape index (κ2) is 4.42. The number of carbonyl (C=O) groups is 1. The molecule has 5 nitrogen and oxygen atoms in total. The van der Waals surface area contributed by atoms with E-state index in [1.807, 2.05) is 0 Å². The first kappa shape index (κ1) is 13.7. The number of methoxy groups -OCH3 is 1. The zero-order valence-electron chi connectivity index (χ0n) is 11.5. The van der Waals surface area contributed by atoms with Crippen molar-refractivity contribution >= 4 is 5.78 Å². The number of benzene rings is 1. The molecule has 1 aliphatic rings. The van der Waals surface area contributed by atoms with Crippen LogP contribution >= 0.6 is 0 Å². The van der Waals surface area contributed by atoms with E-state index in [-0.39, 0.29) is 17.1 Å². The predicted molar refractivity (Wildman–Crippen MR) is 69.1 cm³/mol. The molecule has 0 bridgehead atoms. The van der Waals surface area contributed by atoms with E-state index in [4.69, 9.17) is 9.47 Å². The van der Waals surface area contributed by atoms with Gasteiger partial charge in [0.2, 0.25) is 0 Å². The Bertz CT molecular complexity index is 528. The summed E-state index contributed by atoms with van der Waals surface area (Å²) < 4.78 is 10.9. The van der Waals surface area contributed by atoms with E-state index in [2.05, 4.69) is 0 Å². The van der Waals surface area contributed by atoms with Gasteiger partial charge in [0.15, 0.2) is 5.78 Å². The van der Waals surface area contributed by atoms with Crippen molar-refractivity contribution in [3.63, 3.8) is 0 Å². The number of fused-ring (bicyclic) bond motifs is 1. The molecule has 104 valence electrons. The van der Waals surface area contributed by atoms with Gasteiger partial charge in [-0.25, -0.2) is 0 Å². The summed E-state index contributed by atoms with van der Waals surface area (Å²) in [6, 6.07) is 1.40. The first-order valence-corrected chi connectivity index (χ1v) is 6.08. The zero-order chi connectivity index (χ0) is 14.4. The van der Waals surface area contributed by atoms with Crippen LogP contribution in [0.15, 0.2) is 6.07 Å². The minimum absolute atomic E-state index is 0.154. The second-order valence-corrected chi connectivity index (χ2v) is 5.30. The largest absolute Gasteiger partial charge is 0.507 e. The van der Waals surface area contributed by atoms with Gasteiger partial charge in [0.05, 0.1) is 12.7 Å². The zero-order valence-corrected chi connectivity index (χ0v) is 11.5. The van der Waals surface area contributed by atoms with Crippen molar-refractivity contribution in [2.24, 2.45) is 0 Å². The lowest BCUT2D eigenvalue weighted by Crippen LogP contribution is -2.39. The van der Waals surface area contributed by atoms with Crippen LogP contribution in [0.5, 0.6) is 17.2 Å². The van der Waals surface area contributed by atoms with Crippen LogP contribution in [0, 0.1) is 0 Å². The van der Waals surface area contributed by atoms with Gasteiger partial charge in [0, 0.05) is 18.1 Å². The van der Waals surface area contributed by atoms with Crippen molar-refractivity contribution in [2.45, 2.75) is 38.9 Å². The van der Waals surface area contributed by atoms with Crippen molar-refractivity contribution in [1.29, 1.82) is 0 Å². The van der Waals surface area contributed by atoms with Crippen molar-refractivity contribution in [3.8, 4) is 17.2 Å². The third kappa shape index (κ3) is 2.26. The van der Waals surface area contributed by atoms with Gasteiger partial charge in [0.25, 0.3) is 0 Å². The maximum Gasteiger partial charge on any atom is 0.167 e. The maximum atomic E-state index is 11.6. The fourth-order valence-corrected chi connectivity index (χ4v) is 2.30. The molecule has 2 N–H and O–H groups in total. The minimum Gasteiger partial charge on any atom is -0.507 e. The number of carbonyl (C=O) groups excluding carboxylic acids is 1. The topological polar surface area (TPSA) is 76.0 Å². The van der Waals surface area contributed by atoms with E-state index in [1.165, 1.54) is 20.1 Å². The highest BCUT2D eigenvalue weighted by molar-refractivity contribution is 6.00. The number of hydrogen-bond donors (Lipinski definition) is 2. The summed E-state index contributed by atoms with van der Waals surface area (Å²) in [5.74, 6) is 0.337. The standard InChI is InChI=1S/C14H18O5/c1-7(15)12-9(16)6-10-8(13(12)18-4)5-11(19-10)14(2,3)17/h6,11,16-17H,5H2,1-4H3. The SMILES string of the molecule is COc1c2c(cc(O)c1C(C)=O)OC(C(C)(C)O)C2. The molecule has 0 aliphatic carbocycles. The molecule has 19 heavy (non-hydrogen) atoms. The molecule has 0 saturated carbocycles. The van der Waals surface area contributed by atoms with E-state index in [1.54, 1.807) is 13.8 Å². The molecular formula is C14H18O5. The third-order valence-corrected chi connectivity index (χ3v) is 3.33. The van der Waals surface area contributed by atoms with Crippen LogP contribution in [0.3, 0.4) is 0 Å². The average Bonchev–Trinajstić information content (AvgIpc) is 2.69. The molecule has 0 amide bonds. The van der Waals surface area contributed by atoms with E-state index >= 15 is 0 Å². The van der Waals surface area contributed by atoms with Gasteiger partial charge in [-0.3, -0.25) is 4.79 Å². The molecule has 1 heterocycles. The Morgan fingerprint density at radius 1 is 1.53 bits per heavy atom. The second-order valence-electron chi connectivity index (χ2n) is 5.30. The van der Waals surface area contributed by atoms with Gasteiger partial charge in [-0.05, 0) is 20.8 Å². The summed E-state index contributed by atoms with van der Waals surface area (Å²) in [4.78, 5) is 11.6. The first-order chi connectivity index (χ1) is 8.75. The summed E-state index contributed by atoms with van der Waals surface area (Å²) in [6.45, 7) is 4.68. The summed E-state index contributed by atoms with van der Waals surface area (Å²) in [5.41, 5.74) is -0.158. The van der Waals surface area contributed by atoms with Gasteiger partial charge >= 0.3 is 0 Å². The molecule has 1 aromatic rings. The molecular weight excluding hydrogens is 248 g/mol. The molecule has 0 spiro atoms. The number of Topliss-reactive ketones (excluding diaryl/α,β-unsaturated/α-hetero) is 1. The summed E-state index contributed by atoms with van der Waals surface area (Å²) in [7, 11) is 1.44. The molecule has 0 aromatic heterocycles. The smallest absolute Gasteiger partial charge is 0.167 e. The molecule has 1 unspecified atom stereocenters. The van der Waals surface area contributed by atoms with Gasteiger partial charge < -0.3 is 19.7 Å². The minimum atomic E-state index is -1.02. The van der Waals surface area contributed by atoms with E-state index in [9.17, 15) is 15.0 Å². The maximum absolute atomic E-state index is 11.6. The van der Waals surface area contributed by atoms with Gasteiger partial charge in [0.1, 0.15) is 28.9 Å². The lowest BCUT2D eigenvalue weighted by molar-refractivity contribution is -0.0230. The van der Waals surface area contributed by atoms with Crippen LogP contribution in [0.25, 0.3) is 0 Å². The van der Waals surface area contributed by atoms with Crippen molar-refractivity contribution in [2.75, 3.05) is 7.11 Å². The number of phenols is 1. The lowest BCUT2D eigenvalue weighted by atomic mass is 9.95. The third-order valence-electron chi connectivity index (χ3n) is 3.33. The number of rotatable bonds is 3. The van der Waals surface area contributed by atoms with E-state index in [0.29, 0.717) is 23.5 Å². The molecule has 1 atom stereocenters. The van der Waals surface area contributed by atoms with Crippen LogP contribution in [0.4, 0.5) is 0 Å². The highest BCUT2D eigenvalue weighted by atomic mass is 16.5. The molecule has 1 aliphatic heterocycles. The summed E-state index contributed by atoms with van der Waals surface area (Å²) >= 11 is 0. The van der Waals surface area contributed by atoms with E-state index in [0.717, 1.165) is 0 Å². The Balaban J connectivity index is 2.54. The van der Waals surface area contributed by atoms with Crippen LogP contribution in [0.2, 0.25) is 0 Å². The van der Waals surface area contributed by atoms with Crippen molar-refractivity contribution in [3.05, 3.63) is 17.2 Å². The monoisotopic (exact) mass is 266 g/mol. The number of phenolic OH excluding ortho intramolecular Hbond substituents is 1. The number of hydrogen-bond acceptors (Lipinski definition) is 5. The molecule has 2 rings (SSSR count). The number of aliphatic hydroxyl groups is 1. The summed E-state index contributed by atoms with van der Waals surface area (Å²) in [5, 5.41) is 19.9. The van der Waals surface area contributed by atoms with Crippen LogP contribution < -0.4 is 9.47 Å². The van der Waals surface area contributed by atoms with Gasteiger partial charge in [-0.15, -0.1) is 0 Å². The first-order valence-electron chi connectivity index (χ1n) is 6.08. The normalized spacial score (nSPS) is 17.8. The van der Waals surface area contributed by atoms with Crippen LogP contribution in [-0.2, 0) is 6.42 Å². The Kier molecular flexibility index (Phi) is 3.18. The molecule has 0 saturated heterocycles. The molecule has 5 heteroatoms. The fraction of sp³-hybridized carbons (Fsp3) is 0.500. The lowest BCUT2D eigenvalue weighted by Gasteiger charge is -2.24. The molecule has 0 fully saturated rings.